The fourth-order valence-electron chi connectivity index (χ4n) is 3.86. The third-order valence-corrected chi connectivity index (χ3v) is 5.88. The highest BCUT2D eigenvalue weighted by molar-refractivity contribution is 6.30. The van der Waals surface area contributed by atoms with Crippen molar-refractivity contribution in [1.29, 1.82) is 0 Å². The molecule has 0 spiro atoms. The number of amides is 2. The predicted molar refractivity (Wildman–Crippen MR) is 110 cm³/mol. The molecule has 0 unspecified atom stereocenters. The van der Waals surface area contributed by atoms with Gasteiger partial charge in [0.1, 0.15) is 11.3 Å². The van der Waals surface area contributed by atoms with Crippen LogP contribution < -0.4 is 5.32 Å². The zero-order valence-electron chi connectivity index (χ0n) is 16.7. The van der Waals surface area contributed by atoms with E-state index in [9.17, 15) is 9.59 Å². The smallest absolute Gasteiger partial charge is 0.271 e. The molecule has 1 N–H and O–H groups in total. The molecule has 28 heavy (non-hydrogen) atoms. The molecule has 0 aromatic carbocycles. The Kier molecular flexibility index (Phi) is 6.57. The first-order valence-electron chi connectivity index (χ1n) is 9.85. The SMILES string of the molecule is CCN(CC)C(=O)C[C@H]1CC[C@@H](CNC(=O)c2cn3cc(Cl)ccc3n2)N1C. The Balaban J connectivity index is 1.54. The Labute approximate surface area is 170 Å². The summed E-state index contributed by atoms with van der Waals surface area (Å²) in [5, 5.41) is 3.57. The predicted octanol–water partition coefficient (Wildman–Crippen LogP) is 2.44. The summed E-state index contributed by atoms with van der Waals surface area (Å²) in [7, 11) is 2.04. The van der Waals surface area contributed by atoms with E-state index in [1.54, 1.807) is 28.9 Å². The summed E-state index contributed by atoms with van der Waals surface area (Å²) in [5.41, 5.74) is 1.05. The van der Waals surface area contributed by atoms with Crippen molar-refractivity contribution in [2.24, 2.45) is 0 Å². The monoisotopic (exact) mass is 405 g/mol. The first-order chi connectivity index (χ1) is 13.4. The van der Waals surface area contributed by atoms with E-state index in [-0.39, 0.29) is 23.9 Å². The van der Waals surface area contributed by atoms with Crippen molar-refractivity contribution >= 4 is 29.1 Å². The van der Waals surface area contributed by atoms with Crippen LogP contribution in [0, 0.1) is 0 Å². The fraction of sp³-hybridized carbons (Fsp3) is 0.550. The number of halogens is 1. The molecule has 8 heteroatoms. The normalized spacial score (nSPS) is 19.9. The Morgan fingerprint density at radius 2 is 1.93 bits per heavy atom. The summed E-state index contributed by atoms with van der Waals surface area (Å²) in [4.78, 5) is 33.3. The van der Waals surface area contributed by atoms with Crippen LogP contribution in [0.4, 0.5) is 0 Å². The second-order valence-electron chi connectivity index (χ2n) is 7.27. The molecule has 1 aliphatic heterocycles. The van der Waals surface area contributed by atoms with Crippen molar-refractivity contribution < 1.29 is 9.59 Å². The fourth-order valence-corrected chi connectivity index (χ4v) is 4.03. The Morgan fingerprint density at radius 1 is 1.21 bits per heavy atom. The molecule has 7 nitrogen and oxygen atoms in total. The van der Waals surface area contributed by atoms with Gasteiger partial charge in [0.2, 0.25) is 5.91 Å². The Hall–Kier alpha value is -2.12. The van der Waals surface area contributed by atoms with E-state index in [1.807, 2.05) is 25.8 Å². The highest BCUT2D eigenvalue weighted by Gasteiger charge is 2.32. The number of carbonyl (C=O) groups is 2. The summed E-state index contributed by atoms with van der Waals surface area (Å²) in [6.07, 6.45) is 5.88. The van der Waals surface area contributed by atoms with Crippen molar-refractivity contribution in [1.82, 2.24) is 24.5 Å². The topological polar surface area (TPSA) is 70.0 Å². The molecular formula is C20H28ClN5O2. The lowest BCUT2D eigenvalue weighted by Crippen LogP contribution is -2.43. The van der Waals surface area contributed by atoms with E-state index in [0.717, 1.165) is 25.9 Å². The molecule has 1 fully saturated rings. The average molecular weight is 406 g/mol. The maximum absolute atomic E-state index is 12.5. The van der Waals surface area contributed by atoms with Gasteiger partial charge in [0.25, 0.3) is 5.91 Å². The van der Waals surface area contributed by atoms with Gasteiger partial charge in [-0.3, -0.25) is 14.5 Å². The molecule has 3 rings (SSSR count). The lowest BCUT2D eigenvalue weighted by Gasteiger charge is -2.27. The maximum Gasteiger partial charge on any atom is 0.271 e. The van der Waals surface area contributed by atoms with Gasteiger partial charge in [0.05, 0.1) is 5.02 Å². The van der Waals surface area contributed by atoms with E-state index in [2.05, 4.69) is 15.2 Å². The molecule has 0 aliphatic carbocycles. The van der Waals surface area contributed by atoms with Gasteiger partial charge in [-0.1, -0.05) is 11.6 Å². The minimum atomic E-state index is -0.198. The van der Waals surface area contributed by atoms with Crippen LogP contribution in [0.2, 0.25) is 5.02 Å². The molecule has 0 saturated carbocycles. The molecule has 2 amide bonds. The van der Waals surface area contributed by atoms with Gasteiger partial charge >= 0.3 is 0 Å². The number of nitrogens with one attached hydrogen (secondary N) is 1. The second-order valence-corrected chi connectivity index (χ2v) is 7.71. The maximum atomic E-state index is 12.5. The lowest BCUT2D eigenvalue weighted by molar-refractivity contribution is -0.131. The van der Waals surface area contributed by atoms with Crippen molar-refractivity contribution in [2.45, 2.75) is 45.2 Å². The molecule has 152 valence electrons. The van der Waals surface area contributed by atoms with Crippen molar-refractivity contribution in [3.8, 4) is 0 Å². The Morgan fingerprint density at radius 3 is 2.64 bits per heavy atom. The number of likely N-dealkylation sites (N-methyl/N-ethyl adjacent to an activating group) is 1. The van der Waals surface area contributed by atoms with E-state index in [1.165, 1.54) is 0 Å². The number of likely N-dealkylation sites (tertiary alicyclic amines) is 1. The zero-order valence-corrected chi connectivity index (χ0v) is 17.4. The molecule has 2 atom stereocenters. The molecule has 0 radical (unpaired) electrons. The van der Waals surface area contributed by atoms with E-state index in [4.69, 9.17) is 11.6 Å². The van der Waals surface area contributed by atoms with E-state index < -0.39 is 0 Å². The second kappa shape index (κ2) is 8.92. The number of imidazole rings is 1. The van der Waals surface area contributed by atoms with Gasteiger partial charge < -0.3 is 14.6 Å². The third kappa shape index (κ3) is 4.47. The van der Waals surface area contributed by atoms with Gasteiger partial charge in [-0.2, -0.15) is 0 Å². The van der Waals surface area contributed by atoms with Crippen molar-refractivity contribution in [2.75, 3.05) is 26.7 Å². The highest BCUT2D eigenvalue weighted by atomic mass is 35.5. The number of hydrogen-bond acceptors (Lipinski definition) is 4. The minimum Gasteiger partial charge on any atom is -0.349 e. The molecule has 2 aromatic rings. The molecule has 3 heterocycles. The van der Waals surface area contributed by atoms with Crippen LogP contribution in [0.1, 0.15) is 43.6 Å². The minimum absolute atomic E-state index is 0.198. The first kappa shape index (κ1) is 20.6. The summed E-state index contributed by atoms with van der Waals surface area (Å²) in [6, 6.07) is 3.98. The number of pyridine rings is 1. The number of aromatic nitrogens is 2. The van der Waals surface area contributed by atoms with Crippen LogP contribution >= 0.6 is 11.6 Å². The summed E-state index contributed by atoms with van der Waals surface area (Å²) >= 11 is 5.98. The zero-order chi connectivity index (χ0) is 20.3. The summed E-state index contributed by atoms with van der Waals surface area (Å²) in [5.74, 6) is 0.00536. The van der Waals surface area contributed by atoms with Gasteiger partial charge in [-0.25, -0.2) is 4.98 Å². The van der Waals surface area contributed by atoms with Crippen molar-refractivity contribution in [3.63, 3.8) is 0 Å². The highest BCUT2D eigenvalue weighted by Crippen LogP contribution is 2.25. The number of nitrogens with zero attached hydrogens (tertiary/aromatic N) is 4. The van der Waals surface area contributed by atoms with Gasteiger partial charge in [0, 0.05) is 50.5 Å². The van der Waals surface area contributed by atoms with E-state index >= 15 is 0 Å². The van der Waals surface area contributed by atoms with Gasteiger partial charge in [0.15, 0.2) is 0 Å². The van der Waals surface area contributed by atoms with Crippen molar-refractivity contribution in [3.05, 3.63) is 35.2 Å². The molecule has 0 bridgehead atoms. The summed E-state index contributed by atoms with van der Waals surface area (Å²) in [6.45, 7) is 6.04. The standard InChI is InChI=1S/C20H28ClN5O2/c1-4-25(5-2)19(27)10-15-7-8-16(24(15)3)11-22-20(28)17-13-26-12-14(21)6-9-18(26)23-17/h6,9,12-13,15-16H,4-5,7-8,10-11H2,1-3H3,(H,22,28)/t15-,16+/m1/s1. The van der Waals surface area contributed by atoms with Gasteiger partial charge in [-0.05, 0) is 45.9 Å². The average Bonchev–Trinajstić information content (AvgIpc) is 3.24. The van der Waals surface area contributed by atoms with Gasteiger partial charge in [-0.15, -0.1) is 0 Å². The lowest BCUT2D eigenvalue weighted by atomic mass is 10.1. The third-order valence-electron chi connectivity index (χ3n) is 5.66. The number of carbonyl (C=O) groups excluding carboxylic acids is 2. The number of fused-ring (bicyclic) bond motifs is 1. The quantitative estimate of drug-likeness (QED) is 0.768. The molecular weight excluding hydrogens is 378 g/mol. The van der Waals surface area contributed by atoms with Crippen LogP contribution in [0.15, 0.2) is 24.5 Å². The number of hydrogen-bond donors (Lipinski definition) is 1. The summed E-state index contributed by atoms with van der Waals surface area (Å²) < 4.78 is 1.74. The van der Waals surface area contributed by atoms with Crippen LogP contribution in [-0.4, -0.2) is 69.8 Å². The number of rotatable bonds is 7. The first-order valence-corrected chi connectivity index (χ1v) is 10.2. The molecule has 1 saturated heterocycles. The van der Waals surface area contributed by atoms with E-state index in [0.29, 0.717) is 29.3 Å². The molecule has 1 aliphatic rings. The largest absolute Gasteiger partial charge is 0.349 e. The Bertz CT molecular complexity index is 848. The van der Waals surface area contributed by atoms with Crippen LogP contribution in [-0.2, 0) is 4.79 Å². The van der Waals surface area contributed by atoms with Crippen LogP contribution in [0.5, 0.6) is 0 Å². The van der Waals surface area contributed by atoms with Crippen LogP contribution in [0.3, 0.4) is 0 Å². The molecule has 2 aromatic heterocycles. The van der Waals surface area contributed by atoms with Crippen LogP contribution in [0.25, 0.3) is 5.65 Å².